The van der Waals surface area contributed by atoms with Gasteiger partial charge in [-0.3, -0.25) is 0 Å². The molecule has 0 fully saturated rings. The van der Waals surface area contributed by atoms with Crippen LogP contribution in [0, 0.1) is 6.92 Å². The van der Waals surface area contributed by atoms with Crippen molar-refractivity contribution in [2.45, 2.75) is 12.8 Å². The molecule has 4 aromatic rings. The zero-order chi connectivity index (χ0) is 19.4. The summed E-state index contributed by atoms with van der Waals surface area (Å²) in [5.41, 5.74) is 8.90. The highest BCUT2D eigenvalue weighted by Gasteiger charge is 2.36. The van der Waals surface area contributed by atoms with Crippen molar-refractivity contribution in [3.8, 4) is 22.6 Å². The maximum atomic E-state index is 5.85. The first kappa shape index (κ1) is 16.9. The molecule has 0 radical (unpaired) electrons. The molecule has 28 heavy (non-hydrogen) atoms. The second-order valence-corrected chi connectivity index (χ2v) is 7.39. The Bertz CT molecular complexity index is 1220. The fourth-order valence-electron chi connectivity index (χ4n) is 4.77. The van der Waals surface area contributed by atoms with Gasteiger partial charge < -0.3 is 14.0 Å². The van der Waals surface area contributed by atoms with E-state index >= 15 is 0 Å². The van der Waals surface area contributed by atoms with Crippen molar-refractivity contribution < 1.29 is 9.47 Å². The summed E-state index contributed by atoms with van der Waals surface area (Å²) in [4.78, 5) is 0. The fourth-order valence-corrected chi connectivity index (χ4v) is 4.77. The molecule has 1 atom stereocenters. The van der Waals surface area contributed by atoms with Crippen LogP contribution in [0.3, 0.4) is 0 Å². The van der Waals surface area contributed by atoms with Gasteiger partial charge in [0.2, 0.25) is 0 Å². The van der Waals surface area contributed by atoms with Crippen molar-refractivity contribution in [3.05, 3.63) is 83.0 Å². The van der Waals surface area contributed by atoms with Gasteiger partial charge in [0.05, 0.1) is 14.2 Å². The van der Waals surface area contributed by atoms with E-state index in [4.69, 9.17) is 9.47 Å². The first-order valence-electron chi connectivity index (χ1n) is 9.54. The van der Waals surface area contributed by atoms with Crippen molar-refractivity contribution in [3.63, 3.8) is 0 Å². The van der Waals surface area contributed by atoms with E-state index in [2.05, 4.69) is 73.1 Å². The Labute approximate surface area is 165 Å². The molecule has 0 aliphatic heterocycles. The lowest BCUT2D eigenvalue weighted by Crippen LogP contribution is -2.04. The van der Waals surface area contributed by atoms with Crippen LogP contribution in [0.15, 0.2) is 60.7 Å². The van der Waals surface area contributed by atoms with Crippen LogP contribution < -0.4 is 9.47 Å². The highest BCUT2D eigenvalue weighted by molar-refractivity contribution is 5.92. The largest absolute Gasteiger partial charge is 0.497 e. The molecule has 0 unspecified atom stereocenters. The molecule has 0 amide bonds. The van der Waals surface area contributed by atoms with E-state index in [-0.39, 0.29) is 5.92 Å². The molecule has 0 bridgehead atoms. The number of hydrogen-bond donors (Lipinski definition) is 0. The topological polar surface area (TPSA) is 23.4 Å². The third-order valence-corrected chi connectivity index (χ3v) is 6.16. The predicted molar refractivity (Wildman–Crippen MR) is 114 cm³/mol. The van der Waals surface area contributed by atoms with Gasteiger partial charge in [-0.2, -0.15) is 0 Å². The van der Waals surface area contributed by atoms with Gasteiger partial charge in [-0.1, -0.05) is 42.5 Å². The van der Waals surface area contributed by atoms with Crippen molar-refractivity contribution in [2.24, 2.45) is 7.05 Å². The van der Waals surface area contributed by atoms with Gasteiger partial charge in [0.1, 0.15) is 11.5 Å². The van der Waals surface area contributed by atoms with Crippen LogP contribution in [-0.4, -0.2) is 18.8 Å². The molecule has 1 aliphatic carbocycles. The van der Waals surface area contributed by atoms with Crippen molar-refractivity contribution in [1.82, 2.24) is 4.57 Å². The molecule has 0 N–H and O–H groups in total. The van der Waals surface area contributed by atoms with Gasteiger partial charge >= 0.3 is 0 Å². The van der Waals surface area contributed by atoms with Crippen molar-refractivity contribution in [1.29, 1.82) is 0 Å². The normalized spacial score (nSPS) is 14.8. The molecule has 1 aliphatic rings. The third kappa shape index (κ3) is 2.16. The number of ether oxygens (including phenoxy) is 2. The van der Waals surface area contributed by atoms with E-state index in [1.165, 1.54) is 44.4 Å². The molecule has 3 heteroatoms. The van der Waals surface area contributed by atoms with Crippen LogP contribution in [0.1, 0.15) is 28.3 Å². The van der Waals surface area contributed by atoms with Gasteiger partial charge in [0.15, 0.2) is 0 Å². The second kappa shape index (κ2) is 6.16. The predicted octanol–water partition coefficient (Wildman–Crippen LogP) is 5.66. The van der Waals surface area contributed by atoms with E-state index in [9.17, 15) is 0 Å². The highest BCUT2D eigenvalue weighted by atomic mass is 16.5. The standard InChI is InChI=1S/C25H23NO2/c1-15-23(19-11-7-8-12-21(19)26(15)2)25-18-10-6-5-9-17(18)20-13-16(27-3)14-22(28-4)24(20)25/h5-14,25H,1-4H3/t25-/m0/s1. The first-order valence-corrected chi connectivity index (χ1v) is 9.54. The molecule has 1 aromatic heterocycles. The van der Waals surface area contributed by atoms with Gasteiger partial charge in [0, 0.05) is 41.2 Å². The molecular weight excluding hydrogens is 346 g/mol. The summed E-state index contributed by atoms with van der Waals surface area (Å²) in [7, 11) is 5.59. The Morgan fingerprint density at radius 1 is 0.821 bits per heavy atom. The highest BCUT2D eigenvalue weighted by Crippen LogP contribution is 2.54. The number of aryl methyl sites for hydroxylation is 1. The minimum absolute atomic E-state index is 0.137. The summed E-state index contributed by atoms with van der Waals surface area (Å²) in [5.74, 6) is 1.83. The summed E-state index contributed by atoms with van der Waals surface area (Å²) in [5, 5.41) is 1.30. The zero-order valence-electron chi connectivity index (χ0n) is 16.6. The summed E-state index contributed by atoms with van der Waals surface area (Å²) in [6, 6.07) is 21.5. The van der Waals surface area contributed by atoms with Crippen molar-refractivity contribution in [2.75, 3.05) is 14.2 Å². The molecule has 5 rings (SSSR count). The van der Waals surface area contributed by atoms with E-state index in [0.717, 1.165) is 11.5 Å². The SMILES string of the molecule is COc1cc(OC)c2c(c1)-c1ccccc1[C@H]2c1c(C)n(C)c2ccccc12. The Morgan fingerprint density at radius 3 is 2.36 bits per heavy atom. The number of benzene rings is 3. The average molecular weight is 369 g/mol. The molecular formula is C25H23NO2. The molecule has 0 spiro atoms. The van der Waals surface area contributed by atoms with Gasteiger partial charge in [0.25, 0.3) is 0 Å². The first-order chi connectivity index (χ1) is 13.7. The van der Waals surface area contributed by atoms with Gasteiger partial charge in [-0.15, -0.1) is 0 Å². The van der Waals surface area contributed by atoms with Crippen LogP contribution in [0.5, 0.6) is 11.5 Å². The van der Waals surface area contributed by atoms with E-state index in [0.29, 0.717) is 0 Å². The number of rotatable bonds is 3. The number of para-hydroxylation sites is 1. The molecule has 3 aromatic carbocycles. The number of hydrogen-bond acceptors (Lipinski definition) is 2. The molecule has 0 saturated heterocycles. The zero-order valence-corrected chi connectivity index (χ0v) is 16.6. The van der Waals surface area contributed by atoms with Crippen LogP contribution in [0.2, 0.25) is 0 Å². The number of fused-ring (bicyclic) bond motifs is 4. The van der Waals surface area contributed by atoms with E-state index < -0.39 is 0 Å². The van der Waals surface area contributed by atoms with Crippen LogP contribution in [0.25, 0.3) is 22.0 Å². The third-order valence-electron chi connectivity index (χ3n) is 6.16. The minimum atomic E-state index is 0.137. The number of methoxy groups -OCH3 is 2. The Morgan fingerprint density at radius 2 is 1.57 bits per heavy atom. The summed E-state index contributed by atoms with van der Waals surface area (Å²) in [6.45, 7) is 2.21. The maximum Gasteiger partial charge on any atom is 0.127 e. The Balaban J connectivity index is 1.90. The molecule has 140 valence electrons. The Hall–Kier alpha value is -3.20. The molecule has 1 heterocycles. The van der Waals surface area contributed by atoms with Crippen LogP contribution >= 0.6 is 0 Å². The maximum absolute atomic E-state index is 5.85. The lowest BCUT2D eigenvalue weighted by molar-refractivity contribution is 0.391. The van der Waals surface area contributed by atoms with Crippen LogP contribution in [0.4, 0.5) is 0 Å². The van der Waals surface area contributed by atoms with Crippen LogP contribution in [-0.2, 0) is 7.05 Å². The monoisotopic (exact) mass is 369 g/mol. The van der Waals surface area contributed by atoms with Gasteiger partial charge in [-0.05, 0) is 41.3 Å². The number of nitrogens with zero attached hydrogens (tertiary/aromatic N) is 1. The molecule has 0 saturated carbocycles. The van der Waals surface area contributed by atoms with Gasteiger partial charge in [-0.25, -0.2) is 0 Å². The summed E-state index contributed by atoms with van der Waals surface area (Å²) >= 11 is 0. The lowest BCUT2D eigenvalue weighted by Gasteiger charge is -2.18. The van der Waals surface area contributed by atoms with E-state index in [1.54, 1.807) is 14.2 Å². The molecule has 3 nitrogen and oxygen atoms in total. The average Bonchev–Trinajstić information content (AvgIpc) is 3.19. The second-order valence-electron chi connectivity index (χ2n) is 7.39. The number of aromatic nitrogens is 1. The smallest absolute Gasteiger partial charge is 0.127 e. The minimum Gasteiger partial charge on any atom is -0.497 e. The Kier molecular flexibility index (Phi) is 3.73. The summed E-state index contributed by atoms with van der Waals surface area (Å²) in [6.07, 6.45) is 0. The summed E-state index contributed by atoms with van der Waals surface area (Å²) < 4.78 is 13.7. The van der Waals surface area contributed by atoms with Crippen molar-refractivity contribution >= 4 is 10.9 Å². The lowest BCUT2D eigenvalue weighted by atomic mass is 9.87. The fraction of sp³-hybridized carbons (Fsp3) is 0.200. The van der Waals surface area contributed by atoms with E-state index in [1.807, 2.05) is 6.07 Å². The quantitative estimate of drug-likeness (QED) is 0.409.